The molecule has 2 fully saturated rings. The predicted molar refractivity (Wildman–Crippen MR) is 123 cm³/mol. The van der Waals surface area contributed by atoms with Gasteiger partial charge in [0.2, 0.25) is 0 Å². The zero-order valence-corrected chi connectivity index (χ0v) is 19.5. The third-order valence-electron chi connectivity index (χ3n) is 6.00. The Morgan fingerprint density at radius 3 is 2.32 bits per heavy atom. The van der Waals surface area contributed by atoms with Crippen LogP contribution in [0.3, 0.4) is 0 Å². The van der Waals surface area contributed by atoms with E-state index >= 15 is 0 Å². The molecule has 1 N–H and O–H groups in total. The molecule has 0 aliphatic carbocycles. The molecule has 2 aliphatic rings. The second-order valence-electron chi connectivity index (χ2n) is 8.68. The molecule has 0 aromatic heterocycles. The second kappa shape index (κ2) is 11.5. The lowest BCUT2D eigenvalue weighted by Crippen LogP contribution is -2.46. The Bertz CT molecular complexity index is 719. The molecular weight excluding hydrogens is 392 g/mol. The fraction of sp³-hybridized carbons (Fsp3) is 0.667. The minimum Gasteiger partial charge on any atom is -0.466 e. The van der Waals surface area contributed by atoms with Crippen LogP contribution in [0.2, 0.25) is 0 Å². The van der Waals surface area contributed by atoms with Crippen molar-refractivity contribution >= 4 is 11.9 Å². The van der Waals surface area contributed by atoms with Gasteiger partial charge in [-0.25, -0.2) is 0 Å². The minimum atomic E-state index is -0.0637. The van der Waals surface area contributed by atoms with Crippen LogP contribution in [0, 0.1) is 5.92 Å². The monoisotopic (exact) mass is 430 g/mol. The van der Waals surface area contributed by atoms with Gasteiger partial charge in [0.15, 0.2) is 5.96 Å². The van der Waals surface area contributed by atoms with Gasteiger partial charge in [-0.2, -0.15) is 0 Å². The number of likely N-dealkylation sites (tertiary alicyclic amines) is 1. The van der Waals surface area contributed by atoms with Gasteiger partial charge >= 0.3 is 5.97 Å². The van der Waals surface area contributed by atoms with Crippen LogP contribution in [0.1, 0.15) is 44.7 Å². The maximum absolute atomic E-state index is 11.9. The van der Waals surface area contributed by atoms with Crippen molar-refractivity contribution in [3.05, 3.63) is 35.4 Å². The third-order valence-corrected chi connectivity index (χ3v) is 6.00. The van der Waals surface area contributed by atoms with E-state index in [2.05, 4.69) is 58.2 Å². The molecule has 3 rings (SSSR count). The molecule has 2 unspecified atom stereocenters. The molecule has 1 aromatic rings. The van der Waals surface area contributed by atoms with E-state index in [1.165, 1.54) is 11.1 Å². The molecule has 0 radical (unpaired) electrons. The molecule has 7 nitrogen and oxygen atoms in total. The average Bonchev–Trinajstić information content (AvgIpc) is 2.75. The van der Waals surface area contributed by atoms with Gasteiger partial charge in [0.1, 0.15) is 0 Å². The van der Waals surface area contributed by atoms with Crippen molar-refractivity contribution in [1.82, 2.24) is 15.1 Å². The number of guanidine groups is 1. The van der Waals surface area contributed by atoms with Gasteiger partial charge in [0, 0.05) is 46.3 Å². The van der Waals surface area contributed by atoms with Crippen molar-refractivity contribution in [2.45, 2.75) is 58.9 Å². The standard InChI is InChI=1S/C24H38N4O3/c1-5-30-23(29)22-10-12-28(13-11-22)24(25-4)26-14-20-6-8-21(9-7-20)17-27-15-18(2)31-19(3)16-27/h6-9,18-19,22H,5,10-17H2,1-4H3,(H,25,26). The Morgan fingerprint density at radius 2 is 1.74 bits per heavy atom. The number of aliphatic imine (C=N–C) groups is 1. The van der Waals surface area contributed by atoms with Crippen LogP contribution >= 0.6 is 0 Å². The van der Waals surface area contributed by atoms with E-state index in [1.54, 1.807) is 0 Å². The number of hydrogen-bond acceptors (Lipinski definition) is 5. The number of nitrogens with one attached hydrogen (secondary N) is 1. The quantitative estimate of drug-likeness (QED) is 0.425. The summed E-state index contributed by atoms with van der Waals surface area (Å²) in [5, 5.41) is 3.47. The van der Waals surface area contributed by atoms with Crippen LogP contribution in [0.25, 0.3) is 0 Å². The Kier molecular flexibility index (Phi) is 8.72. The molecule has 2 heterocycles. The van der Waals surface area contributed by atoms with Crippen LogP contribution < -0.4 is 5.32 Å². The molecule has 0 spiro atoms. The molecule has 2 aliphatic heterocycles. The smallest absolute Gasteiger partial charge is 0.309 e. The zero-order valence-electron chi connectivity index (χ0n) is 19.5. The lowest BCUT2D eigenvalue weighted by Gasteiger charge is -2.35. The van der Waals surface area contributed by atoms with Gasteiger partial charge in [-0.15, -0.1) is 0 Å². The highest BCUT2D eigenvalue weighted by Gasteiger charge is 2.27. The zero-order chi connectivity index (χ0) is 22.2. The first kappa shape index (κ1) is 23.5. The molecule has 2 saturated heterocycles. The molecule has 31 heavy (non-hydrogen) atoms. The van der Waals surface area contributed by atoms with Gasteiger partial charge < -0.3 is 19.7 Å². The number of piperidine rings is 1. The van der Waals surface area contributed by atoms with Crippen molar-refractivity contribution in [2.75, 3.05) is 39.8 Å². The van der Waals surface area contributed by atoms with Crippen LogP contribution in [0.5, 0.6) is 0 Å². The lowest BCUT2D eigenvalue weighted by atomic mass is 9.97. The van der Waals surface area contributed by atoms with Gasteiger partial charge in [0.05, 0.1) is 24.7 Å². The van der Waals surface area contributed by atoms with E-state index in [0.29, 0.717) is 18.8 Å². The average molecular weight is 431 g/mol. The van der Waals surface area contributed by atoms with E-state index < -0.39 is 0 Å². The minimum absolute atomic E-state index is 0.0132. The second-order valence-corrected chi connectivity index (χ2v) is 8.68. The van der Waals surface area contributed by atoms with Crippen LogP contribution in [0.15, 0.2) is 29.3 Å². The van der Waals surface area contributed by atoms with Crippen molar-refractivity contribution in [2.24, 2.45) is 10.9 Å². The largest absolute Gasteiger partial charge is 0.466 e. The van der Waals surface area contributed by atoms with Crippen molar-refractivity contribution in [3.8, 4) is 0 Å². The molecule has 7 heteroatoms. The van der Waals surface area contributed by atoms with Gasteiger partial charge in [-0.1, -0.05) is 24.3 Å². The van der Waals surface area contributed by atoms with Crippen LogP contribution in [0.4, 0.5) is 0 Å². The van der Waals surface area contributed by atoms with Crippen LogP contribution in [-0.2, 0) is 27.4 Å². The Balaban J connectivity index is 1.45. The van der Waals surface area contributed by atoms with E-state index in [1.807, 2.05) is 14.0 Å². The number of carbonyl (C=O) groups excluding carboxylic acids is 1. The number of nitrogens with zero attached hydrogens (tertiary/aromatic N) is 3. The van der Waals surface area contributed by atoms with E-state index in [-0.39, 0.29) is 11.9 Å². The van der Waals surface area contributed by atoms with Crippen LogP contribution in [-0.4, -0.2) is 73.8 Å². The molecule has 172 valence electrons. The fourth-order valence-electron chi connectivity index (χ4n) is 4.53. The summed E-state index contributed by atoms with van der Waals surface area (Å²) < 4.78 is 11.0. The van der Waals surface area contributed by atoms with Crippen molar-refractivity contribution in [3.63, 3.8) is 0 Å². The maximum Gasteiger partial charge on any atom is 0.309 e. The number of carbonyl (C=O) groups is 1. The summed E-state index contributed by atoms with van der Waals surface area (Å²) in [7, 11) is 1.81. The van der Waals surface area contributed by atoms with E-state index in [0.717, 1.165) is 58.1 Å². The van der Waals surface area contributed by atoms with Gasteiger partial charge in [0.25, 0.3) is 0 Å². The summed E-state index contributed by atoms with van der Waals surface area (Å²) in [5.41, 5.74) is 2.56. The maximum atomic E-state index is 11.9. The Morgan fingerprint density at radius 1 is 1.13 bits per heavy atom. The lowest BCUT2D eigenvalue weighted by molar-refractivity contribution is -0.149. The molecular formula is C24H38N4O3. The molecule has 1 aromatic carbocycles. The Hall–Kier alpha value is -2.12. The molecule has 2 atom stereocenters. The topological polar surface area (TPSA) is 66.4 Å². The first-order valence-corrected chi connectivity index (χ1v) is 11.6. The summed E-state index contributed by atoms with van der Waals surface area (Å²) in [6.45, 7) is 11.9. The number of benzene rings is 1. The summed E-state index contributed by atoms with van der Waals surface area (Å²) >= 11 is 0. The van der Waals surface area contributed by atoms with E-state index in [9.17, 15) is 4.79 Å². The molecule has 0 bridgehead atoms. The summed E-state index contributed by atoms with van der Waals surface area (Å²) in [5.74, 6) is 0.841. The number of ether oxygens (including phenoxy) is 2. The molecule has 0 amide bonds. The SMILES string of the molecule is CCOC(=O)C1CCN(C(=NC)NCc2ccc(CN3CC(C)OC(C)C3)cc2)CC1. The van der Waals surface area contributed by atoms with Gasteiger partial charge in [-0.05, 0) is 44.7 Å². The molecule has 0 saturated carbocycles. The first-order chi connectivity index (χ1) is 15.0. The van der Waals surface area contributed by atoms with E-state index in [4.69, 9.17) is 9.47 Å². The highest BCUT2D eigenvalue weighted by Crippen LogP contribution is 2.19. The first-order valence-electron chi connectivity index (χ1n) is 11.6. The summed E-state index contributed by atoms with van der Waals surface area (Å²) in [6.07, 6.45) is 2.21. The third kappa shape index (κ3) is 6.94. The number of esters is 1. The number of morpholine rings is 1. The predicted octanol–water partition coefficient (Wildman–Crippen LogP) is 2.65. The highest BCUT2D eigenvalue weighted by molar-refractivity contribution is 5.80. The summed E-state index contributed by atoms with van der Waals surface area (Å²) in [4.78, 5) is 21.1. The Labute approximate surface area is 186 Å². The fourth-order valence-corrected chi connectivity index (χ4v) is 4.53. The summed E-state index contributed by atoms with van der Waals surface area (Å²) in [6, 6.07) is 8.82. The normalized spacial score (nSPS) is 23.6. The number of rotatable bonds is 6. The number of hydrogen-bond donors (Lipinski definition) is 1. The van der Waals surface area contributed by atoms with Crippen molar-refractivity contribution in [1.29, 1.82) is 0 Å². The van der Waals surface area contributed by atoms with Crippen molar-refractivity contribution < 1.29 is 14.3 Å². The van der Waals surface area contributed by atoms with Gasteiger partial charge in [-0.3, -0.25) is 14.7 Å². The highest BCUT2D eigenvalue weighted by atomic mass is 16.5.